The fourth-order valence-electron chi connectivity index (χ4n) is 7.62. The van der Waals surface area contributed by atoms with Crippen molar-refractivity contribution in [3.63, 3.8) is 0 Å². The molecular weight excluding hydrogens is 338 g/mol. The molecule has 7 atom stereocenters. The fraction of sp³-hybridized carbons (Fsp3) is 0.727. The lowest BCUT2D eigenvalue weighted by Gasteiger charge is -2.55. The Morgan fingerprint density at radius 2 is 2.04 bits per heavy atom. The number of hydrogen-bond acceptors (Lipinski definition) is 4. The highest BCUT2D eigenvalue weighted by Crippen LogP contribution is 2.83. The molecule has 5 saturated carbocycles. The summed E-state index contributed by atoms with van der Waals surface area (Å²) in [6.07, 6.45) is 6.87. The molecule has 4 bridgehead atoms. The standard InChI is InChI=1S/C22H29N3O2/c1-27-22(13-5-6-24-17(8-13)21(23)26)14-3-2-4-15(22)11-25(10-14)9-12-7-16-19-18(12)20(16)19/h5-6,8,12,14-16,18-20H,2-4,7,9-11H2,1H3,(H2,23,26)/t12-,14?,15?,16?,18?,19-,20?,22?/m0/s1. The van der Waals surface area contributed by atoms with Crippen LogP contribution in [0.5, 0.6) is 0 Å². The van der Waals surface area contributed by atoms with Crippen LogP contribution in [0.15, 0.2) is 18.3 Å². The molecule has 27 heavy (non-hydrogen) atoms. The molecule has 5 nitrogen and oxygen atoms in total. The van der Waals surface area contributed by atoms with E-state index in [1.165, 1.54) is 32.2 Å². The van der Waals surface area contributed by atoms with Crippen molar-refractivity contribution >= 4 is 5.91 Å². The second-order valence-corrected chi connectivity index (χ2v) is 9.73. The van der Waals surface area contributed by atoms with Crippen LogP contribution < -0.4 is 5.73 Å². The molecule has 0 radical (unpaired) electrons. The fourth-order valence-corrected chi connectivity index (χ4v) is 7.62. The van der Waals surface area contributed by atoms with Crippen LogP contribution in [-0.4, -0.2) is 42.5 Å². The molecule has 1 aliphatic heterocycles. The highest BCUT2D eigenvalue weighted by molar-refractivity contribution is 5.90. The van der Waals surface area contributed by atoms with Gasteiger partial charge in [-0.05, 0) is 66.5 Å². The Bertz CT molecular complexity index is 765. The minimum absolute atomic E-state index is 0.301. The third-order valence-electron chi connectivity index (χ3n) is 8.73. The Morgan fingerprint density at radius 1 is 1.30 bits per heavy atom. The van der Waals surface area contributed by atoms with Gasteiger partial charge in [0.1, 0.15) is 11.3 Å². The normalized spacial score (nSPS) is 46.8. The van der Waals surface area contributed by atoms with Gasteiger partial charge in [0.15, 0.2) is 0 Å². The van der Waals surface area contributed by atoms with Gasteiger partial charge in [0.25, 0.3) is 5.91 Å². The van der Waals surface area contributed by atoms with Gasteiger partial charge >= 0.3 is 0 Å². The van der Waals surface area contributed by atoms with Crippen molar-refractivity contribution in [2.24, 2.45) is 47.2 Å². The van der Waals surface area contributed by atoms with E-state index in [1.807, 2.05) is 19.2 Å². The van der Waals surface area contributed by atoms with Crippen molar-refractivity contribution in [1.82, 2.24) is 9.88 Å². The van der Waals surface area contributed by atoms with Crippen LogP contribution in [0.3, 0.4) is 0 Å². The molecule has 5 heteroatoms. The van der Waals surface area contributed by atoms with Crippen LogP contribution in [0.2, 0.25) is 0 Å². The number of carbonyl (C=O) groups excluding carboxylic acids is 1. The lowest BCUT2D eigenvalue weighted by Crippen LogP contribution is -2.59. The van der Waals surface area contributed by atoms with Crippen molar-refractivity contribution in [1.29, 1.82) is 0 Å². The summed E-state index contributed by atoms with van der Waals surface area (Å²) in [5.74, 6) is 5.93. The van der Waals surface area contributed by atoms with Crippen molar-refractivity contribution in [2.45, 2.75) is 31.3 Å². The molecule has 2 N–H and O–H groups in total. The first-order valence-corrected chi connectivity index (χ1v) is 10.7. The largest absolute Gasteiger partial charge is 0.373 e. The summed E-state index contributed by atoms with van der Waals surface area (Å²) in [5.41, 5.74) is 6.63. The number of pyridine rings is 1. The molecule has 2 heterocycles. The van der Waals surface area contributed by atoms with Gasteiger partial charge in [-0.25, -0.2) is 0 Å². The highest BCUT2D eigenvalue weighted by atomic mass is 16.5. The zero-order chi connectivity index (χ0) is 18.3. The Labute approximate surface area is 160 Å². The summed E-state index contributed by atoms with van der Waals surface area (Å²) in [4.78, 5) is 18.6. The topological polar surface area (TPSA) is 68.5 Å². The van der Waals surface area contributed by atoms with E-state index in [-0.39, 0.29) is 5.60 Å². The highest BCUT2D eigenvalue weighted by Gasteiger charge is 2.79. The number of rotatable bonds is 5. The molecule has 5 unspecified atom stereocenters. The van der Waals surface area contributed by atoms with Gasteiger partial charge in [0.05, 0.1) is 0 Å². The van der Waals surface area contributed by atoms with Gasteiger partial charge in [-0.1, -0.05) is 6.42 Å². The Hall–Kier alpha value is -1.46. The van der Waals surface area contributed by atoms with Crippen molar-refractivity contribution < 1.29 is 9.53 Å². The molecule has 0 aromatic carbocycles. The van der Waals surface area contributed by atoms with Crippen molar-refractivity contribution in [2.75, 3.05) is 26.7 Å². The molecule has 7 rings (SSSR count). The third-order valence-corrected chi connectivity index (χ3v) is 8.73. The van der Waals surface area contributed by atoms with Crippen molar-refractivity contribution in [3.8, 4) is 0 Å². The van der Waals surface area contributed by atoms with E-state index in [2.05, 4.69) is 9.88 Å². The quantitative estimate of drug-likeness (QED) is 0.867. The lowest BCUT2D eigenvalue weighted by atomic mass is 9.62. The average molecular weight is 367 g/mol. The summed E-state index contributed by atoms with van der Waals surface area (Å²) in [6, 6.07) is 3.91. The van der Waals surface area contributed by atoms with Gasteiger partial charge in [0, 0.05) is 44.8 Å². The van der Waals surface area contributed by atoms with E-state index in [9.17, 15) is 4.79 Å². The zero-order valence-corrected chi connectivity index (χ0v) is 16.0. The first kappa shape index (κ1) is 16.5. The minimum Gasteiger partial charge on any atom is -0.373 e. The van der Waals surface area contributed by atoms with Gasteiger partial charge in [0.2, 0.25) is 0 Å². The van der Waals surface area contributed by atoms with Gasteiger partial charge < -0.3 is 15.4 Å². The number of ether oxygens (including phenoxy) is 1. The van der Waals surface area contributed by atoms with Crippen LogP contribution in [0, 0.1) is 41.4 Å². The van der Waals surface area contributed by atoms with E-state index in [0.29, 0.717) is 17.5 Å². The summed E-state index contributed by atoms with van der Waals surface area (Å²) in [7, 11) is 1.85. The first-order chi connectivity index (χ1) is 13.1. The minimum atomic E-state index is -0.464. The SMILES string of the molecule is COC1(c2ccnc(C(N)=O)c2)C2CCCC1CN(C[C@@H]1CC3C4C1[C@H]34)C2. The molecule has 1 aromatic heterocycles. The molecule has 1 aromatic rings. The number of methoxy groups -OCH3 is 1. The van der Waals surface area contributed by atoms with Gasteiger partial charge in [-0.3, -0.25) is 9.78 Å². The number of nitrogens with zero attached hydrogens (tertiary/aromatic N) is 2. The number of fused-ring (bicyclic) bond motifs is 3. The molecule has 1 saturated heterocycles. The van der Waals surface area contributed by atoms with Crippen LogP contribution in [0.1, 0.15) is 41.7 Å². The number of hydrogen-bond donors (Lipinski definition) is 1. The predicted molar refractivity (Wildman–Crippen MR) is 101 cm³/mol. The second kappa shape index (κ2) is 5.54. The monoisotopic (exact) mass is 367 g/mol. The smallest absolute Gasteiger partial charge is 0.267 e. The zero-order valence-electron chi connectivity index (χ0n) is 16.0. The van der Waals surface area contributed by atoms with Gasteiger partial charge in [-0.2, -0.15) is 0 Å². The molecule has 6 aliphatic rings. The molecule has 1 amide bonds. The Balaban J connectivity index is 1.28. The maximum absolute atomic E-state index is 11.7. The van der Waals surface area contributed by atoms with Crippen LogP contribution in [0.4, 0.5) is 0 Å². The second-order valence-electron chi connectivity index (χ2n) is 9.73. The molecule has 0 spiro atoms. The Morgan fingerprint density at radius 3 is 2.63 bits per heavy atom. The number of piperidine rings is 1. The van der Waals surface area contributed by atoms with E-state index in [0.717, 1.165) is 48.2 Å². The van der Waals surface area contributed by atoms with Crippen LogP contribution in [-0.2, 0) is 10.3 Å². The van der Waals surface area contributed by atoms with E-state index in [1.54, 1.807) is 6.20 Å². The summed E-state index contributed by atoms with van der Waals surface area (Å²) >= 11 is 0. The number of nitrogens with two attached hydrogens (primary N) is 1. The summed E-state index contributed by atoms with van der Waals surface area (Å²) in [5, 5.41) is 0. The molecular formula is C22H29N3O2. The lowest BCUT2D eigenvalue weighted by molar-refractivity contribution is -0.170. The molecule has 5 aliphatic carbocycles. The molecule has 144 valence electrons. The first-order valence-electron chi connectivity index (χ1n) is 10.7. The molecule has 6 fully saturated rings. The Kier molecular flexibility index (Phi) is 3.38. The van der Waals surface area contributed by atoms with Crippen LogP contribution >= 0.6 is 0 Å². The number of aromatic nitrogens is 1. The maximum atomic E-state index is 11.7. The van der Waals surface area contributed by atoms with E-state index < -0.39 is 5.91 Å². The average Bonchev–Trinajstić information content (AvgIpc) is 3.49. The number of primary amides is 1. The predicted octanol–water partition coefficient (Wildman–Crippen LogP) is 2.27. The number of carbonyl (C=O) groups is 1. The number of amides is 1. The maximum Gasteiger partial charge on any atom is 0.267 e. The van der Waals surface area contributed by atoms with Gasteiger partial charge in [-0.15, -0.1) is 0 Å². The third kappa shape index (κ3) is 2.18. The summed E-state index contributed by atoms with van der Waals surface area (Å²) < 4.78 is 6.31. The van der Waals surface area contributed by atoms with Crippen molar-refractivity contribution in [3.05, 3.63) is 29.6 Å². The van der Waals surface area contributed by atoms with Crippen LogP contribution in [0.25, 0.3) is 0 Å². The summed E-state index contributed by atoms with van der Waals surface area (Å²) in [6.45, 7) is 3.52. The van der Waals surface area contributed by atoms with E-state index in [4.69, 9.17) is 10.5 Å². The number of likely N-dealkylation sites (tertiary alicyclic amines) is 1. The van der Waals surface area contributed by atoms with E-state index >= 15 is 0 Å².